The lowest BCUT2D eigenvalue weighted by Gasteiger charge is -2.01. The Hall–Kier alpha value is -1.82. The molecule has 0 unspecified atom stereocenters. The van der Waals surface area contributed by atoms with E-state index in [-0.39, 0.29) is 0 Å². The lowest BCUT2D eigenvalue weighted by atomic mass is 10.0. The summed E-state index contributed by atoms with van der Waals surface area (Å²) in [6, 6.07) is 6.31. The van der Waals surface area contributed by atoms with Gasteiger partial charge in [-0.15, -0.1) is 0 Å². The Morgan fingerprint density at radius 2 is 1.93 bits per heavy atom. The summed E-state index contributed by atoms with van der Waals surface area (Å²) >= 11 is 0. The van der Waals surface area contributed by atoms with Gasteiger partial charge >= 0.3 is 0 Å². The van der Waals surface area contributed by atoms with Crippen LogP contribution in [0.1, 0.15) is 18.9 Å². The van der Waals surface area contributed by atoms with Crippen molar-refractivity contribution < 1.29 is 1.37 Å². The Morgan fingerprint density at radius 1 is 1.07 bits per heavy atom. The minimum absolute atomic E-state index is 0.561. The third kappa shape index (κ3) is 2.57. The second-order valence-electron chi connectivity index (χ2n) is 3.52. The molecule has 0 saturated heterocycles. The number of rotatable bonds is 0. The molecule has 74 valence electrons. The number of hydrogen-bond acceptors (Lipinski definition) is 0. The van der Waals surface area contributed by atoms with Crippen LogP contribution in [0.2, 0.25) is 0 Å². The summed E-state index contributed by atoms with van der Waals surface area (Å²) < 4.78 is 7.86. The molecule has 0 N–H and O–H groups in total. The molecule has 1 aromatic carbocycles. The van der Waals surface area contributed by atoms with Crippen LogP contribution in [0.4, 0.5) is 0 Å². The van der Waals surface area contributed by atoms with Crippen LogP contribution >= 0.6 is 0 Å². The summed E-state index contributed by atoms with van der Waals surface area (Å²) in [7, 11) is 0. The second-order valence-corrected chi connectivity index (χ2v) is 3.52. The molecule has 0 aliphatic heterocycles. The number of hydrogen-bond donors (Lipinski definition) is 0. The molecule has 1 aliphatic carbocycles. The quantitative estimate of drug-likeness (QED) is 0.581. The third-order valence-corrected chi connectivity index (χ3v) is 2.31. The Morgan fingerprint density at radius 3 is 2.87 bits per heavy atom. The monoisotopic (exact) mass is 195 g/mol. The van der Waals surface area contributed by atoms with E-state index in [1.165, 1.54) is 0 Å². The first kappa shape index (κ1) is 8.49. The lowest BCUT2D eigenvalue weighted by Crippen LogP contribution is -1.81. The standard InChI is InChI=1S/C15H14/c1-13-7-2-3-9-14-10-4-5-11-15(14)12-6-8-13/h2-7,9-12H,1,8H2/i10D. The highest BCUT2D eigenvalue weighted by molar-refractivity contribution is 5.66. The van der Waals surface area contributed by atoms with Crippen molar-refractivity contribution in [2.75, 3.05) is 0 Å². The molecule has 0 heterocycles. The minimum Gasteiger partial charge on any atom is -0.0955 e. The number of allylic oxidation sites excluding steroid dienone is 5. The van der Waals surface area contributed by atoms with E-state index in [0.29, 0.717) is 6.04 Å². The molecule has 0 bridgehead atoms. The molecule has 0 fully saturated rings. The first-order valence-corrected chi connectivity index (χ1v) is 5.06. The average Bonchev–Trinajstić information content (AvgIpc) is 2.27. The van der Waals surface area contributed by atoms with Gasteiger partial charge in [0, 0.05) is 0 Å². The van der Waals surface area contributed by atoms with Crippen LogP contribution in [0.3, 0.4) is 0 Å². The molecule has 0 aromatic heterocycles. The van der Waals surface area contributed by atoms with Gasteiger partial charge in [0.1, 0.15) is 0 Å². The van der Waals surface area contributed by atoms with Gasteiger partial charge < -0.3 is 0 Å². The fraction of sp³-hybridized carbons (Fsp3) is 0.0667. The van der Waals surface area contributed by atoms with Gasteiger partial charge in [-0.05, 0) is 17.5 Å². The van der Waals surface area contributed by atoms with Crippen LogP contribution in [-0.4, -0.2) is 0 Å². The first-order valence-electron chi connectivity index (χ1n) is 5.56. The van der Waals surface area contributed by atoms with Crippen LogP contribution in [0.25, 0.3) is 12.2 Å². The smallest absolute Gasteiger partial charge is 0.0629 e. The lowest BCUT2D eigenvalue weighted by molar-refractivity contribution is 1.31. The predicted molar refractivity (Wildman–Crippen MR) is 67.4 cm³/mol. The molecule has 0 saturated carbocycles. The van der Waals surface area contributed by atoms with Crippen molar-refractivity contribution in [1.29, 1.82) is 0 Å². The fourth-order valence-corrected chi connectivity index (χ4v) is 1.50. The summed E-state index contributed by atoms with van der Waals surface area (Å²) in [4.78, 5) is 0. The summed E-state index contributed by atoms with van der Waals surface area (Å²) in [6.45, 7) is 3.95. The summed E-state index contributed by atoms with van der Waals surface area (Å²) in [5.41, 5.74) is 3.15. The predicted octanol–water partition coefficient (Wildman–Crippen LogP) is 4.23. The van der Waals surface area contributed by atoms with E-state index in [1.807, 2.05) is 42.5 Å². The van der Waals surface area contributed by atoms with E-state index in [0.717, 1.165) is 23.1 Å². The molecule has 0 amide bonds. The molecule has 1 aliphatic rings. The Kier molecular flexibility index (Phi) is 2.61. The van der Waals surface area contributed by atoms with Gasteiger partial charge in [0.05, 0.1) is 1.37 Å². The van der Waals surface area contributed by atoms with Gasteiger partial charge in [-0.25, -0.2) is 0 Å². The molecular formula is C15H14. The fourth-order valence-electron chi connectivity index (χ4n) is 1.50. The zero-order valence-electron chi connectivity index (χ0n) is 9.61. The molecule has 0 nitrogen and oxygen atoms in total. The highest BCUT2D eigenvalue weighted by atomic mass is 14.0. The van der Waals surface area contributed by atoms with Gasteiger partial charge in [0.2, 0.25) is 0 Å². The van der Waals surface area contributed by atoms with Crippen molar-refractivity contribution in [3.63, 3.8) is 0 Å². The number of benzene rings is 1. The summed E-state index contributed by atoms with van der Waals surface area (Å²) in [5, 5.41) is 0. The molecule has 0 atom stereocenters. The Bertz CT molecular complexity index is 490. The van der Waals surface area contributed by atoms with Gasteiger partial charge in [0.25, 0.3) is 0 Å². The van der Waals surface area contributed by atoms with Crippen LogP contribution in [-0.2, 0) is 0 Å². The zero-order chi connectivity index (χ0) is 11.4. The molecule has 0 radical (unpaired) electrons. The molecule has 1 aromatic rings. The highest BCUT2D eigenvalue weighted by Gasteiger charge is 1.94. The van der Waals surface area contributed by atoms with Crippen LogP contribution < -0.4 is 0 Å². The van der Waals surface area contributed by atoms with Crippen molar-refractivity contribution >= 4 is 12.2 Å². The van der Waals surface area contributed by atoms with E-state index in [1.54, 1.807) is 0 Å². The minimum atomic E-state index is 0.561. The average molecular weight is 195 g/mol. The topological polar surface area (TPSA) is 0 Å². The van der Waals surface area contributed by atoms with Crippen molar-refractivity contribution in [2.24, 2.45) is 0 Å². The van der Waals surface area contributed by atoms with E-state index in [4.69, 9.17) is 1.37 Å². The maximum atomic E-state index is 7.86. The zero-order valence-corrected chi connectivity index (χ0v) is 8.61. The maximum absolute atomic E-state index is 7.86. The molecule has 0 spiro atoms. The molecule has 2 rings (SSSR count). The van der Waals surface area contributed by atoms with E-state index in [2.05, 4.69) is 18.7 Å². The second kappa shape index (κ2) is 4.61. The van der Waals surface area contributed by atoms with Crippen molar-refractivity contribution in [3.05, 3.63) is 71.8 Å². The van der Waals surface area contributed by atoms with Gasteiger partial charge in [0.15, 0.2) is 0 Å². The van der Waals surface area contributed by atoms with E-state index >= 15 is 0 Å². The van der Waals surface area contributed by atoms with E-state index < -0.39 is 0 Å². The molecule has 15 heavy (non-hydrogen) atoms. The summed E-state index contributed by atoms with van der Waals surface area (Å²) in [5.74, 6) is 0. The molecular weight excluding hydrogens is 180 g/mol. The number of fused-ring (bicyclic) bond motifs is 1. The third-order valence-electron chi connectivity index (χ3n) is 2.31. The Labute approximate surface area is 92.4 Å². The first-order chi connectivity index (χ1) is 7.77. The largest absolute Gasteiger partial charge is 0.0955 e. The molecule has 0 heteroatoms. The van der Waals surface area contributed by atoms with Crippen molar-refractivity contribution in [1.82, 2.24) is 0 Å². The van der Waals surface area contributed by atoms with Gasteiger partial charge in [-0.1, -0.05) is 72.8 Å². The van der Waals surface area contributed by atoms with Gasteiger partial charge in [-0.2, -0.15) is 0 Å². The van der Waals surface area contributed by atoms with Crippen LogP contribution in [0.15, 0.2) is 60.7 Å². The van der Waals surface area contributed by atoms with E-state index in [9.17, 15) is 0 Å². The summed E-state index contributed by atoms with van der Waals surface area (Å²) in [6.07, 6.45) is 12.9. The van der Waals surface area contributed by atoms with Gasteiger partial charge in [-0.3, -0.25) is 0 Å². The van der Waals surface area contributed by atoms with Crippen molar-refractivity contribution in [3.8, 4) is 0 Å². The van der Waals surface area contributed by atoms with Crippen molar-refractivity contribution in [2.45, 2.75) is 6.42 Å². The normalized spacial score (nSPS) is 16.0. The van der Waals surface area contributed by atoms with Crippen LogP contribution in [0.5, 0.6) is 0 Å². The Balaban J connectivity index is 2.49. The highest BCUT2D eigenvalue weighted by Crippen LogP contribution is 2.15. The van der Waals surface area contributed by atoms with Crippen LogP contribution in [0, 0.1) is 0 Å². The SMILES string of the molecule is [2H]c1cccc2c1C=CC=CC(=C)CC=C2. The maximum Gasteiger partial charge on any atom is 0.0629 e.